The summed E-state index contributed by atoms with van der Waals surface area (Å²) in [5, 5.41) is 0. The Hall–Kier alpha value is -2.47. The highest BCUT2D eigenvalue weighted by atomic mass is 32.1. The van der Waals surface area contributed by atoms with Crippen molar-refractivity contribution in [1.82, 2.24) is 4.98 Å². The lowest BCUT2D eigenvalue weighted by atomic mass is 10.1. The van der Waals surface area contributed by atoms with Crippen LogP contribution >= 0.6 is 11.3 Å². The summed E-state index contributed by atoms with van der Waals surface area (Å²) in [6, 6.07) is 9.85. The van der Waals surface area contributed by atoms with Gasteiger partial charge in [-0.05, 0) is 37.1 Å². The first-order valence-electron chi connectivity index (χ1n) is 9.77. The molecule has 0 spiro atoms. The van der Waals surface area contributed by atoms with Crippen molar-refractivity contribution < 1.29 is 19.0 Å². The first-order valence-corrected chi connectivity index (χ1v) is 10.6. The van der Waals surface area contributed by atoms with Gasteiger partial charge in [0.1, 0.15) is 16.4 Å². The molecule has 0 bridgehead atoms. The number of ether oxygens (including phenoxy) is 3. The van der Waals surface area contributed by atoms with E-state index in [9.17, 15) is 4.79 Å². The Morgan fingerprint density at radius 3 is 2.46 bits per heavy atom. The van der Waals surface area contributed by atoms with Gasteiger partial charge in [-0.25, -0.2) is 4.79 Å². The van der Waals surface area contributed by atoms with Crippen LogP contribution in [0.1, 0.15) is 49.2 Å². The van der Waals surface area contributed by atoms with Gasteiger partial charge in [0.25, 0.3) is 0 Å². The van der Waals surface area contributed by atoms with Crippen LogP contribution in [0.15, 0.2) is 30.3 Å². The van der Waals surface area contributed by atoms with Gasteiger partial charge in [-0.1, -0.05) is 26.7 Å². The van der Waals surface area contributed by atoms with E-state index in [1.165, 1.54) is 18.4 Å². The number of fused-ring (bicyclic) bond motifs is 1. The van der Waals surface area contributed by atoms with E-state index in [0.29, 0.717) is 18.1 Å². The Morgan fingerprint density at radius 1 is 1.04 bits per heavy atom. The molecule has 1 aromatic carbocycles. The first-order chi connectivity index (χ1) is 13.7. The molecular weight excluding hydrogens is 374 g/mol. The molecule has 2 heterocycles. The smallest absolute Gasteiger partial charge is 0.348 e. The minimum atomic E-state index is -0.312. The number of esters is 1. The number of hydrogen-bond donors (Lipinski definition) is 1. The number of thiophene rings is 1. The zero-order valence-electron chi connectivity index (χ0n) is 16.7. The molecule has 28 heavy (non-hydrogen) atoms. The zero-order valence-corrected chi connectivity index (χ0v) is 17.5. The van der Waals surface area contributed by atoms with Gasteiger partial charge in [-0.2, -0.15) is 0 Å². The van der Waals surface area contributed by atoms with E-state index in [1.54, 1.807) is 0 Å². The van der Waals surface area contributed by atoms with Gasteiger partial charge < -0.3 is 19.2 Å². The van der Waals surface area contributed by atoms with E-state index in [2.05, 4.69) is 18.8 Å². The highest BCUT2D eigenvalue weighted by Crippen LogP contribution is 2.37. The van der Waals surface area contributed by atoms with Crippen LogP contribution in [0.3, 0.4) is 0 Å². The molecule has 5 nitrogen and oxygen atoms in total. The monoisotopic (exact) mass is 401 g/mol. The molecular formula is C22H27NO4S. The summed E-state index contributed by atoms with van der Waals surface area (Å²) in [4.78, 5) is 15.7. The topological polar surface area (TPSA) is 60.5 Å². The Labute approximate surface area is 169 Å². The van der Waals surface area contributed by atoms with Gasteiger partial charge in [-0.3, -0.25) is 0 Å². The summed E-state index contributed by atoms with van der Waals surface area (Å²) >= 11 is 1.42. The van der Waals surface area contributed by atoms with Crippen LogP contribution in [-0.4, -0.2) is 31.3 Å². The third kappa shape index (κ3) is 4.68. The van der Waals surface area contributed by atoms with Crippen molar-refractivity contribution in [2.75, 3.05) is 20.3 Å². The van der Waals surface area contributed by atoms with Crippen LogP contribution in [0.2, 0.25) is 0 Å². The predicted octanol–water partition coefficient (Wildman–Crippen LogP) is 6.04. The Morgan fingerprint density at radius 2 is 1.79 bits per heavy atom. The van der Waals surface area contributed by atoms with Crippen LogP contribution in [0.4, 0.5) is 0 Å². The van der Waals surface area contributed by atoms with Crippen molar-refractivity contribution in [3.8, 4) is 22.8 Å². The van der Waals surface area contributed by atoms with Gasteiger partial charge in [0.15, 0.2) is 0 Å². The summed E-state index contributed by atoms with van der Waals surface area (Å²) in [7, 11) is 1.39. The van der Waals surface area contributed by atoms with E-state index in [0.717, 1.165) is 58.7 Å². The highest BCUT2D eigenvalue weighted by molar-refractivity contribution is 7.20. The van der Waals surface area contributed by atoms with Gasteiger partial charge in [-0.15, -0.1) is 11.3 Å². The van der Waals surface area contributed by atoms with Gasteiger partial charge in [0.05, 0.1) is 36.2 Å². The minimum absolute atomic E-state index is 0.312. The third-order valence-electron chi connectivity index (χ3n) is 4.46. The van der Waals surface area contributed by atoms with E-state index in [-0.39, 0.29) is 5.97 Å². The molecule has 0 amide bonds. The minimum Gasteiger partial charge on any atom is -0.493 e. The van der Waals surface area contributed by atoms with Crippen molar-refractivity contribution in [3.63, 3.8) is 0 Å². The van der Waals surface area contributed by atoms with Crippen LogP contribution in [-0.2, 0) is 4.74 Å². The predicted molar refractivity (Wildman–Crippen MR) is 114 cm³/mol. The quantitative estimate of drug-likeness (QED) is 0.332. The number of carbonyl (C=O) groups is 1. The van der Waals surface area contributed by atoms with Crippen LogP contribution in [0, 0.1) is 0 Å². The van der Waals surface area contributed by atoms with E-state index < -0.39 is 0 Å². The maximum absolute atomic E-state index is 11.7. The molecule has 0 radical (unpaired) electrons. The molecule has 1 N–H and O–H groups in total. The van der Waals surface area contributed by atoms with Crippen molar-refractivity contribution in [3.05, 3.63) is 35.2 Å². The lowest BCUT2D eigenvalue weighted by molar-refractivity contribution is 0.0606. The fraction of sp³-hybridized carbons (Fsp3) is 0.409. The number of aromatic nitrogens is 1. The lowest BCUT2D eigenvalue weighted by Crippen LogP contribution is -2.01. The molecule has 0 unspecified atom stereocenters. The highest BCUT2D eigenvalue weighted by Gasteiger charge is 2.16. The second-order valence-corrected chi connectivity index (χ2v) is 7.71. The first kappa shape index (κ1) is 20.3. The largest absolute Gasteiger partial charge is 0.493 e. The Balaban J connectivity index is 1.88. The standard InChI is InChI=1S/C22H27NO4S/c1-4-6-10-26-15-8-9-16(19(12-15)27-11-7-5-2)17-13-20-18(23-17)14-21(28-20)22(24)25-3/h8-9,12-14,23H,4-7,10-11H2,1-3H3. The average Bonchev–Trinajstić information content (AvgIpc) is 3.27. The fourth-order valence-corrected chi connectivity index (χ4v) is 3.84. The van der Waals surface area contributed by atoms with Crippen LogP contribution in [0.5, 0.6) is 11.5 Å². The second kappa shape index (κ2) is 9.64. The number of unbranched alkanes of at least 4 members (excludes halogenated alkanes) is 2. The number of hydrogen-bond acceptors (Lipinski definition) is 5. The molecule has 0 aliphatic heterocycles. The van der Waals surface area contributed by atoms with Crippen LogP contribution < -0.4 is 9.47 Å². The molecule has 3 aromatic rings. The molecule has 0 aliphatic rings. The molecule has 0 fully saturated rings. The summed E-state index contributed by atoms with van der Waals surface area (Å²) in [5.41, 5.74) is 2.87. The lowest BCUT2D eigenvalue weighted by Gasteiger charge is -2.13. The second-order valence-electron chi connectivity index (χ2n) is 6.63. The Bertz CT molecular complexity index is 896. The maximum atomic E-state index is 11.7. The van der Waals surface area contributed by atoms with Gasteiger partial charge in [0.2, 0.25) is 0 Å². The molecule has 0 atom stereocenters. The summed E-state index contributed by atoms with van der Waals surface area (Å²) < 4.78 is 17.7. The molecule has 150 valence electrons. The number of nitrogens with one attached hydrogen (secondary N) is 1. The summed E-state index contributed by atoms with van der Waals surface area (Å²) in [6.07, 6.45) is 4.22. The molecule has 0 saturated carbocycles. The average molecular weight is 402 g/mol. The summed E-state index contributed by atoms with van der Waals surface area (Å²) in [5.74, 6) is 1.32. The normalized spacial score (nSPS) is 11.0. The van der Waals surface area contributed by atoms with Crippen LogP contribution in [0.25, 0.3) is 21.5 Å². The van der Waals surface area contributed by atoms with E-state index >= 15 is 0 Å². The Kier molecular flexibility index (Phi) is 6.98. The van der Waals surface area contributed by atoms with Crippen molar-refractivity contribution >= 4 is 27.5 Å². The van der Waals surface area contributed by atoms with Gasteiger partial charge in [0, 0.05) is 11.6 Å². The number of methoxy groups -OCH3 is 1. The van der Waals surface area contributed by atoms with E-state index in [4.69, 9.17) is 14.2 Å². The SMILES string of the molecule is CCCCOc1ccc(-c2cc3sc(C(=O)OC)cc3[nH]2)c(OCCCC)c1. The van der Waals surface area contributed by atoms with Crippen molar-refractivity contribution in [2.45, 2.75) is 39.5 Å². The molecule has 2 aromatic heterocycles. The number of rotatable bonds is 10. The molecule has 0 saturated heterocycles. The third-order valence-corrected chi connectivity index (χ3v) is 5.52. The van der Waals surface area contributed by atoms with Gasteiger partial charge >= 0.3 is 5.97 Å². The number of benzene rings is 1. The molecule has 6 heteroatoms. The fourth-order valence-electron chi connectivity index (χ4n) is 2.86. The van der Waals surface area contributed by atoms with Crippen molar-refractivity contribution in [1.29, 1.82) is 0 Å². The zero-order chi connectivity index (χ0) is 19.9. The summed E-state index contributed by atoms with van der Waals surface area (Å²) in [6.45, 7) is 5.67. The maximum Gasteiger partial charge on any atom is 0.348 e. The molecule has 3 rings (SSSR count). The molecule has 0 aliphatic carbocycles. The van der Waals surface area contributed by atoms with E-state index in [1.807, 2.05) is 30.3 Å². The number of carbonyl (C=O) groups excluding carboxylic acids is 1. The number of aromatic amines is 1. The van der Waals surface area contributed by atoms with Crippen molar-refractivity contribution in [2.24, 2.45) is 0 Å². The number of H-pyrrole nitrogens is 1.